The summed E-state index contributed by atoms with van der Waals surface area (Å²) in [7, 11) is 0. The Morgan fingerprint density at radius 1 is 1.03 bits per heavy atom. The standard InChI is InChI=1S/C23H31N3O3/c1-5-26(6-2)23(28)18-10-9-11-19(14-18)25-22(27)15-24-20-12-7-8-13-21(20)29-16-17(3)4/h7-14,17,24H,5-6,15-16H2,1-4H3,(H,25,27). The third-order valence-corrected chi connectivity index (χ3v) is 4.34. The highest BCUT2D eigenvalue weighted by atomic mass is 16.5. The predicted molar refractivity (Wildman–Crippen MR) is 118 cm³/mol. The molecule has 6 nitrogen and oxygen atoms in total. The van der Waals surface area contributed by atoms with E-state index < -0.39 is 0 Å². The van der Waals surface area contributed by atoms with Gasteiger partial charge < -0.3 is 20.3 Å². The summed E-state index contributed by atoms with van der Waals surface area (Å²) < 4.78 is 5.80. The summed E-state index contributed by atoms with van der Waals surface area (Å²) in [4.78, 5) is 26.6. The average molecular weight is 398 g/mol. The Morgan fingerprint density at radius 2 is 1.76 bits per heavy atom. The van der Waals surface area contributed by atoms with Crippen molar-refractivity contribution in [3.8, 4) is 5.75 Å². The maximum Gasteiger partial charge on any atom is 0.253 e. The molecular formula is C23H31N3O3. The fraction of sp³-hybridized carbons (Fsp3) is 0.391. The molecule has 0 spiro atoms. The van der Waals surface area contributed by atoms with Gasteiger partial charge in [-0.1, -0.05) is 32.0 Å². The van der Waals surface area contributed by atoms with Gasteiger partial charge in [-0.3, -0.25) is 9.59 Å². The first-order valence-electron chi connectivity index (χ1n) is 10.1. The summed E-state index contributed by atoms with van der Waals surface area (Å²) in [5, 5.41) is 5.96. The first kappa shape index (κ1) is 22.3. The third-order valence-electron chi connectivity index (χ3n) is 4.34. The van der Waals surface area contributed by atoms with E-state index in [1.807, 2.05) is 38.1 Å². The summed E-state index contributed by atoms with van der Waals surface area (Å²) in [6, 6.07) is 14.6. The lowest BCUT2D eigenvalue weighted by atomic mass is 10.1. The molecule has 156 valence electrons. The van der Waals surface area contributed by atoms with E-state index in [0.717, 1.165) is 11.4 Å². The molecule has 0 aromatic heterocycles. The minimum absolute atomic E-state index is 0.0412. The number of hydrogen-bond donors (Lipinski definition) is 2. The number of carbonyl (C=O) groups is 2. The fourth-order valence-electron chi connectivity index (χ4n) is 2.80. The van der Waals surface area contributed by atoms with Gasteiger partial charge in [-0.25, -0.2) is 0 Å². The molecule has 6 heteroatoms. The van der Waals surface area contributed by atoms with Crippen LogP contribution < -0.4 is 15.4 Å². The highest BCUT2D eigenvalue weighted by Crippen LogP contribution is 2.24. The molecular weight excluding hydrogens is 366 g/mol. The van der Waals surface area contributed by atoms with Crippen molar-refractivity contribution >= 4 is 23.2 Å². The zero-order valence-corrected chi connectivity index (χ0v) is 17.7. The second-order valence-electron chi connectivity index (χ2n) is 7.16. The Hall–Kier alpha value is -3.02. The van der Waals surface area contributed by atoms with Gasteiger partial charge in [0.25, 0.3) is 5.91 Å². The van der Waals surface area contributed by atoms with Gasteiger partial charge in [-0.15, -0.1) is 0 Å². The smallest absolute Gasteiger partial charge is 0.253 e. The van der Waals surface area contributed by atoms with Crippen LogP contribution in [-0.2, 0) is 4.79 Å². The van der Waals surface area contributed by atoms with E-state index in [1.165, 1.54) is 0 Å². The molecule has 0 radical (unpaired) electrons. The van der Waals surface area contributed by atoms with Crippen LogP contribution in [0.2, 0.25) is 0 Å². The first-order chi connectivity index (χ1) is 13.9. The van der Waals surface area contributed by atoms with Crippen molar-refractivity contribution in [2.45, 2.75) is 27.7 Å². The molecule has 0 aliphatic heterocycles. The Morgan fingerprint density at radius 3 is 2.45 bits per heavy atom. The molecule has 0 saturated heterocycles. The van der Waals surface area contributed by atoms with Crippen molar-refractivity contribution in [3.63, 3.8) is 0 Å². The summed E-state index contributed by atoms with van der Waals surface area (Å²) >= 11 is 0. The minimum Gasteiger partial charge on any atom is -0.491 e. The number of para-hydroxylation sites is 2. The molecule has 0 aliphatic rings. The molecule has 2 N–H and O–H groups in total. The van der Waals surface area contributed by atoms with Gasteiger partial charge >= 0.3 is 0 Å². The van der Waals surface area contributed by atoms with Crippen LogP contribution in [0, 0.1) is 5.92 Å². The first-order valence-corrected chi connectivity index (χ1v) is 10.1. The van der Waals surface area contributed by atoms with Gasteiger partial charge in [0, 0.05) is 24.3 Å². The summed E-state index contributed by atoms with van der Waals surface area (Å²) in [5.74, 6) is 0.898. The molecule has 0 bridgehead atoms. The lowest BCUT2D eigenvalue weighted by molar-refractivity contribution is -0.114. The normalized spacial score (nSPS) is 10.5. The Bertz CT molecular complexity index is 817. The van der Waals surface area contributed by atoms with E-state index in [2.05, 4.69) is 24.5 Å². The zero-order chi connectivity index (χ0) is 21.2. The monoisotopic (exact) mass is 397 g/mol. The van der Waals surface area contributed by atoms with Crippen LogP contribution in [0.5, 0.6) is 5.75 Å². The summed E-state index contributed by atoms with van der Waals surface area (Å²) in [5.41, 5.74) is 1.93. The molecule has 2 aromatic carbocycles. The summed E-state index contributed by atoms with van der Waals surface area (Å²) in [6.07, 6.45) is 0. The van der Waals surface area contributed by atoms with E-state index in [-0.39, 0.29) is 18.4 Å². The van der Waals surface area contributed by atoms with E-state index >= 15 is 0 Å². The van der Waals surface area contributed by atoms with Crippen molar-refractivity contribution < 1.29 is 14.3 Å². The highest BCUT2D eigenvalue weighted by molar-refractivity contribution is 5.98. The maximum atomic E-state index is 12.5. The SMILES string of the molecule is CCN(CC)C(=O)c1cccc(NC(=O)CNc2ccccc2OCC(C)C)c1. The summed E-state index contributed by atoms with van der Waals surface area (Å²) in [6.45, 7) is 10.1. The van der Waals surface area contributed by atoms with Crippen LogP contribution in [0.3, 0.4) is 0 Å². The van der Waals surface area contributed by atoms with Gasteiger partial charge in [-0.05, 0) is 50.1 Å². The van der Waals surface area contributed by atoms with Crippen molar-refractivity contribution in [2.24, 2.45) is 5.92 Å². The Labute approximate surface area is 173 Å². The fourth-order valence-corrected chi connectivity index (χ4v) is 2.80. The number of amides is 2. The molecule has 0 aliphatic carbocycles. The molecule has 2 aromatic rings. The number of nitrogens with zero attached hydrogens (tertiary/aromatic N) is 1. The van der Waals surface area contributed by atoms with Gasteiger partial charge in [0.2, 0.25) is 5.91 Å². The van der Waals surface area contributed by atoms with Gasteiger partial charge in [0.1, 0.15) is 5.75 Å². The molecule has 0 heterocycles. The number of hydrogen-bond acceptors (Lipinski definition) is 4. The van der Waals surface area contributed by atoms with E-state index in [0.29, 0.717) is 36.9 Å². The number of ether oxygens (including phenoxy) is 1. The van der Waals surface area contributed by atoms with Crippen LogP contribution >= 0.6 is 0 Å². The minimum atomic E-state index is -0.198. The Kier molecular flexibility index (Phi) is 8.52. The lowest BCUT2D eigenvalue weighted by Crippen LogP contribution is -2.30. The number of nitrogens with one attached hydrogen (secondary N) is 2. The topological polar surface area (TPSA) is 70.7 Å². The average Bonchev–Trinajstić information content (AvgIpc) is 2.72. The van der Waals surface area contributed by atoms with Gasteiger partial charge in [-0.2, -0.15) is 0 Å². The van der Waals surface area contributed by atoms with E-state index in [9.17, 15) is 9.59 Å². The van der Waals surface area contributed by atoms with Crippen LogP contribution in [0.1, 0.15) is 38.1 Å². The van der Waals surface area contributed by atoms with Crippen LogP contribution in [-0.4, -0.2) is 43.0 Å². The number of carbonyl (C=O) groups excluding carboxylic acids is 2. The van der Waals surface area contributed by atoms with Crippen LogP contribution in [0.25, 0.3) is 0 Å². The number of rotatable bonds is 10. The molecule has 0 unspecified atom stereocenters. The quantitative estimate of drug-likeness (QED) is 0.629. The largest absolute Gasteiger partial charge is 0.491 e. The van der Waals surface area contributed by atoms with Crippen molar-refractivity contribution in [2.75, 3.05) is 36.9 Å². The number of benzene rings is 2. The third kappa shape index (κ3) is 6.82. The Balaban J connectivity index is 1.97. The van der Waals surface area contributed by atoms with Crippen molar-refractivity contribution in [3.05, 3.63) is 54.1 Å². The molecule has 2 amide bonds. The molecule has 29 heavy (non-hydrogen) atoms. The number of anilines is 2. The van der Waals surface area contributed by atoms with E-state index in [4.69, 9.17) is 4.74 Å². The maximum absolute atomic E-state index is 12.5. The van der Waals surface area contributed by atoms with Crippen LogP contribution in [0.15, 0.2) is 48.5 Å². The van der Waals surface area contributed by atoms with Crippen molar-refractivity contribution in [1.82, 2.24) is 4.90 Å². The zero-order valence-electron chi connectivity index (χ0n) is 17.7. The molecule has 0 fully saturated rings. The second-order valence-corrected chi connectivity index (χ2v) is 7.16. The van der Waals surface area contributed by atoms with E-state index in [1.54, 1.807) is 29.2 Å². The van der Waals surface area contributed by atoms with Gasteiger partial charge in [0.05, 0.1) is 18.8 Å². The lowest BCUT2D eigenvalue weighted by Gasteiger charge is -2.19. The van der Waals surface area contributed by atoms with Gasteiger partial charge in [0.15, 0.2) is 0 Å². The second kappa shape index (κ2) is 11.1. The van der Waals surface area contributed by atoms with Crippen LogP contribution in [0.4, 0.5) is 11.4 Å². The molecule has 0 atom stereocenters. The molecule has 2 rings (SSSR count). The predicted octanol–water partition coefficient (Wildman–Crippen LogP) is 4.25. The highest BCUT2D eigenvalue weighted by Gasteiger charge is 2.13. The van der Waals surface area contributed by atoms with Crippen molar-refractivity contribution in [1.29, 1.82) is 0 Å². The molecule has 0 saturated carbocycles.